The van der Waals surface area contributed by atoms with Gasteiger partial charge in [0.25, 0.3) is 0 Å². The van der Waals surface area contributed by atoms with E-state index in [1.54, 1.807) is 30.8 Å². The fourth-order valence-electron chi connectivity index (χ4n) is 3.21. The van der Waals surface area contributed by atoms with E-state index in [4.69, 9.17) is 9.47 Å². The standard InChI is InChI=1S/C25H22FN3O3S/c1-3-32-25(30)23-24(29(28-27-23)16-17-4-12-21(31-2)13-5-17)33-22-14-8-19(9-15-22)18-6-10-20(26)11-7-18/h4-15H,3,16H2,1-2H3. The number of hydrogen-bond acceptors (Lipinski definition) is 6. The fourth-order valence-corrected chi connectivity index (χ4v) is 4.13. The van der Waals surface area contributed by atoms with Gasteiger partial charge in [0, 0.05) is 4.90 Å². The van der Waals surface area contributed by atoms with Crippen molar-refractivity contribution in [1.29, 1.82) is 0 Å². The van der Waals surface area contributed by atoms with E-state index < -0.39 is 5.97 Å². The molecule has 0 N–H and O–H groups in total. The minimum atomic E-state index is -0.510. The van der Waals surface area contributed by atoms with Crippen molar-refractivity contribution in [3.8, 4) is 16.9 Å². The molecule has 1 heterocycles. The molecular weight excluding hydrogens is 441 g/mol. The van der Waals surface area contributed by atoms with Gasteiger partial charge in [-0.2, -0.15) is 0 Å². The van der Waals surface area contributed by atoms with Gasteiger partial charge >= 0.3 is 5.97 Å². The lowest BCUT2D eigenvalue weighted by Gasteiger charge is -2.09. The molecule has 0 fully saturated rings. The van der Waals surface area contributed by atoms with Crippen LogP contribution in [0.4, 0.5) is 4.39 Å². The number of halogens is 1. The topological polar surface area (TPSA) is 66.2 Å². The van der Waals surface area contributed by atoms with Gasteiger partial charge in [-0.3, -0.25) is 0 Å². The van der Waals surface area contributed by atoms with E-state index in [0.29, 0.717) is 11.6 Å². The Hall–Kier alpha value is -3.65. The van der Waals surface area contributed by atoms with E-state index in [2.05, 4.69) is 10.3 Å². The van der Waals surface area contributed by atoms with E-state index >= 15 is 0 Å². The smallest absolute Gasteiger partial charge is 0.361 e. The van der Waals surface area contributed by atoms with Crippen molar-refractivity contribution in [3.05, 3.63) is 89.9 Å². The van der Waals surface area contributed by atoms with Crippen LogP contribution in [0.5, 0.6) is 5.75 Å². The fraction of sp³-hybridized carbons (Fsp3) is 0.160. The third-order valence-electron chi connectivity index (χ3n) is 4.90. The molecule has 0 bridgehead atoms. The van der Waals surface area contributed by atoms with Gasteiger partial charge in [-0.25, -0.2) is 13.9 Å². The van der Waals surface area contributed by atoms with Crippen LogP contribution in [0.25, 0.3) is 11.1 Å². The Kier molecular flexibility index (Phi) is 7.04. The highest BCUT2D eigenvalue weighted by Gasteiger charge is 2.22. The molecule has 0 spiro atoms. The van der Waals surface area contributed by atoms with Crippen LogP contribution in [0.2, 0.25) is 0 Å². The molecule has 0 saturated heterocycles. The highest BCUT2D eigenvalue weighted by molar-refractivity contribution is 7.99. The lowest BCUT2D eigenvalue weighted by Crippen LogP contribution is -2.08. The van der Waals surface area contributed by atoms with Crippen LogP contribution in [0.3, 0.4) is 0 Å². The summed E-state index contributed by atoms with van der Waals surface area (Å²) >= 11 is 1.39. The van der Waals surface area contributed by atoms with Gasteiger partial charge in [0.15, 0.2) is 0 Å². The molecule has 4 rings (SSSR count). The Bertz CT molecular complexity index is 1220. The van der Waals surface area contributed by atoms with Crippen LogP contribution in [0.1, 0.15) is 23.0 Å². The van der Waals surface area contributed by atoms with Gasteiger partial charge < -0.3 is 9.47 Å². The molecular formula is C25H22FN3O3S. The van der Waals surface area contributed by atoms with Crippen LogP contribution in [-0.2, 0) is 11.3 Å². The molecule has 0 amide bonds. The highest BCUT2D eigenvalue weighted by atomic mass is 32.2. The zero-order chi connectivity index (χ0) is 23.2. The van der Waals surface area contributed by atoms with Crippen molar-refractivity contribution in [2.24, 2.45) is 0 Å². The lowest BCUT2D eigenvalue weighted by molar-refractivity contribution is 0.0515. The Labute approximate surface area is 195 Å². The second kappa shape index (κ2) is 10.3. The van der Waals surface area contributed by atoms with Gasteiger partial charge in [-0.15, -0.1) is 5.10 Å². The van der Waals surface area contributed by atoms with Gasteiger partial charge in [-0.05, 0) is 60.0 Å². The number of carbonyl (C=O) groups excluding carboxylic acids is 1. The number of esters is 1. The first-order valence-corrected chi connectivity index (χ1v) is 11.2. The number of rotatable bonds is 8. The largest absolute Gasteiger partial charge is 0.497 e. The summed E-state index contributed by atoms with van der Waals surface area (Å²) in [6.07, 6.45) is 0. The molecule has 0 atom stereocenters. The van der Waals surface area contributed by atoms with Crippen molar-refractivity contribution < 1.29 is 18.7 Å². The molecule has 8 heteroatoms. The van der Waals surface area contributed by atoms with Crippen molar-refractivity contribution >= 4 is 17.7 Å². The van der Waals surface area contributed by atoms with E-state index in [-0.39, 0.29) is 18.1 Å². The zero-order valence-corrected chi connectivity index (χ0v) is 19.0. The first-order valence-electron chi connectivity index (χ1n) is 10.3. The third-order valence-corrected chi connectivity index (χ3v) is 6.00. The molecule has 0 aliphatic heterocycles. The van der Waals surface area contributed by atoms with Crippen LogP contribution in [-0.4, -0.2) is 34.7 Å². The van der Waals surface area contributed by atoms with E-state index in [9.17, 15) is 9.18 Å². The number of aromatic nitrogens is 3. The maximum absolute atomic E-state index is 13.2. The van der Waals surface area contributed by atoms with Crippen molar-refractivity contribution in [2.75, 3.05) is 13.7 Å². The van der Waals surface area contributed by atoms with E-state index in [0.717, 1.165) is 27.3 Å². The predicted octanol–water partition coefficient (Wildman–Crippen LogP) is 5.47. The van der Waals surface area contributed by atoms with E-state index in [1.807, 2.05) is 48.5 Å². The molecule has 168 valence electrons. The first-order chi connectivity index (χ1) is 16.1. The SMILES string of the molecule is CCOC(=O)c1nnn(Cc2ccc(OC)cc2)c1Sc1ccc(-c2ccc(F)cc2)cc1. The molecule has 4 aromatic rings. The summed E-state index contributed by atoms with van der Waals surface area (Å²) in [5.74, 6) is -0.0145. The summed E-state index contributed by atoms with van der Waals surface area (Å²) in [4.78, 5) is 13.4. The summed E-state index contributed by atoms with van der Waals surface area (Å²) < 4.78 is 25.3. The molecule has 0 radical (unpaired) electrons. The summed E-state index contributed by atoms with van der Waals surface area (Å²) in [6, 6.07) is 21.8. The lowest BCUT2D eigenvalue weighted by atomic mass is 10.1. The Balaban J connectivity index is 1.60. The van der Waals surface area contributed by atoms with E-state index in [1.165, 1.54) is 23.9 Å². The summed E-state index contributed by atoms with van der Waals surface area (Å²) in [5.41, 5.74) is 3.06. The number of ether oxygens (including phenoxy) is 2. The molecule has 33 heavy (non-hydrogen) atoms. The van der Waals surface area contributed by atoms with Crippen LogP contribution >= 0.6 is 11.8 Å². The molecule has 0 unspecified atom stereocenters. The quantitative estimate of drug-likeness (QED) is 0.323. The number of hydrogen-bond donors (Lipinski definition) is 0. The van der Waals surface area contributed by atoms with Gasteiger partial charge in [0.05, 0.1) is 20.3 Å². The normalized spacial score (nSPS) is 10.8. The predicted molar refractivity (Wildman–Crippen MR) is 124 cm³/mol. The maximum atomic E-state index is 13.2. The minimum Gasteiger partial charge on any atom is -0.497 e. The average Bonchev–Trinajstić information content (AvgIpc) is 3.23. The molecule has 3 aromatic carbocycles. The minimum absolute atomic E-state index is 0.179. The third kappa shape index (κ3) is 5.40. The van der Waals surface area contributed by atoms with Gasteiger partial charge in [0.1, 0.15) is 16.6 Å². The molecule has 0 saturated carbocycles. The van der Waals surface area contributed by atoms with Crippen LogP contribution < -0.4 is 4.74 Å². The summed E-state index contributed by atoms with van der Waals surface area (Å²) in [7, 11) is 1.62. The zero-order valence-electron chi connectivity index (χ0n) is 18.2. The molecule has 6 nitrogen and oxygen atoms in total. The molecule has 0 aliphatic rings. The summed E-state index contributed by atoms with van der Waals surface area (Å²) in [5, 5.41) is 8.89. The molecule has 1 aromatic heterocycles. The Morgan fingerprint density at radius 2 is 1.61 bits per heavy atom. The molecule has 0 aliphatic carbocycles. The van der Waals surface area contributed by atoms with Crippen LogP contribution in [0.15, 0.2) is 82.7 Å². The number of methoxy groups -OCH3 is 1. The monoisotopic (exact) mass is 463 g/mol. The van der Waals surface area contributed by atoms with Crippen LogP contribution in [0, 0.1) is 5.82 Å². The number of nitrogens with zero attached hydrogens (tertiary/aromatic N) is 3. The first kappa shape index (κ1) is 22.5. The second-order valence-corrected chi connectivity index (χ2v) is 8.16. The van der Waals surface area contributed by atoms with Crippen molar-refractivity contribution in [2.45, 2.75) is 23.4 Å². The number of carbonyl (C=O) groups is 1. The second-order valence-electron chi connectivity index (χ2n) is 7.10. The summed E-state index contributed by atoms with van der Waals surface area (Å²) in [6.45, 7) is 2.44. The van der Waals surface area contributed by atoms with Gasteiger partial charge in [0.2, 0.25) is 5.69 Å². The van der Waals surface area contributed by atoms with Gasteiger partial charge in [-0.1, -0.05) is 53.4 Å². The average molecular weight is 464 g/mol. The maximum Gasteiger partial charge on any atom is 0.361 e. The Morgan fingerprint density at radius 3 is 2.21 bits per heavy atom. The van der Waals surface area contributed by atoms with Crippen molar-refractivity contribution in [3.63, 3.8) is 0 Å². The highest BCUT2D eigenvalue weighted by Crippen LogP contribution is 2.32. The number of benzene rings is 3. The van der Waals surface area contributed by atoms with Crippen molar-refractivity contribution in [1.82, 2.24) is 15.0 Å². The Morgan fingerprint density at radius 1 is 0.970 bits per heavy atom.